The van der Waals surface area contributed by atoms with Gasteiger partial charge in [-0.2, -0.15) is 0 Å². The Morgan fingerprint density at radius 3 is 2.50 bits per heavy atom. The van der Waals surface area contributed by atoms with E-state index in [1.54, 1.807) is 0 Å². The maximum atomic E-state index is 10.9. The van der Waals surface area contributed by atoms with Crippen molar-refractivity contribution in [2.75, 3.05) is 5.32 Å². The van der Waals surface area contributed by atoms with Crippen molar-refractivity contribution in [3.63, 3.8) is 0 Å². The highest BCUT2D eigenvalue weighted by atomic mass is 16.1. The first-order valence-corrected chi connectivity index (χ1v) is 6.09. The number of benzene rings is 2. The molecule has 1 N–H and O–H groups in total. The monoisotopic (exact) mass is 237 g/mol. The molecule has 0 fully saturated rings. The zero-order valence-electron chi connectivity index (χ0n) is 10.5. The zero-order chi connectivity index (χ0) is 12.8. The average molecular weight is 237 g/mol. The van der Waals surface area contributed by atoms with E-state index in [0.717, 1.165) is 23.2 Å². The molecule has 1 aliphatic rings. The molecule has 90 valence electrons. The highest BCUT2D eigenvalue weighted by Gasteiger charge is 2.32. The molecular weight excluding hydrogens is 222 g/mol. The van der Waals surface area contributed by atoms with Crippen LogP contribution in [0.25, 0.3) is 0 Å². The molecule has 2 nitrogen and oxygen atoms in total. The van der Waals surface area contributed by atoms with Crippen molar-refractivity contribution in [1.29, 1.82) is 0 Å². The van der Waals surface area contributed by atoms with Gasteiger partial charge in [0.15, 0.2) is 0 Å². The lowest BCUT2D eigenvalue weighted by atomic mass is 9.74. The summed E-state index contributed by atoms with van der Waals surface area (Å²) in [5.74, 6) is 0. The van der Waals surface area contributed by atoms with Gasteiger partial charge in [-0.05, 0) is 35.4 Å². The molecule has 1 aliphatic heterocycles. The summed E-state index contributed by atoms with van der Waals surface area (Å²) >= 11 is 0. The van der Waals surface area contributed by atoms with Crippen molar-refractivity contribution in [3.8, 4) is 0 Å². The van der Waals surface area contributed by atoms with Crippen molar-refractivity contribution in [2.45, 2.75) is 19.3 Å². The highest BCUT2D eigenvalue weighted by Crippen LogP contribution is 2.45. The second kappa shape index (κ2) is 3.70. The molecule has 2 heteroatoms. The van der Waals surface area contributed by atoms with Crippen molar-refractivity contribution in [2.24, 2.45) is 0 Å². The molecule has 0 aliphatic carbocycles. The van der Waals surface area contributed by atoms with Crippen LogP contribution in [0.15, 0.2) is 42.5 Å². The number of aldehydes is 1. The number of carbonyl (C=O) groups excluding carboxylic acids is 1. The Bertz CT molecular complexity index is 629. The van der Waals surface area contributed by atoms with Crippen molar-refractivity contribution >= 4 is 17.7 Å². The number of rotatable bonds is 1. The summed E-state index contributed by atoms with van der Waals surface area (Å²) in [6.45, 7) is 4.39. The summed E-state index contributed by atoms with van der Waals surface area (Å²) in [7, 11) is 0. The Hall–Kier alpha value is -2.09. The smallest absolute Gasteiger partial charge is 0.150 e. The lowest BCUT2D eigenvalue weighted by Gasteiger charge is -2.35. The standard InChI is InChI=1S/C16H15NO/c1-16(2)12-5-3-4-6-14(12)17-15-8-7-11(10-18)9-13(15)16/h3-10,17H,1-2H3. The van der Waals surface area contributed by atoms with Crippen LogP contribution in [-0.2, 0) is 5.41 Å². The van der Waals surface area contributed by atoms with Crippen LogP contribution < -0.4 is 5.32 Å². The van der Waals surface area contributed by atoms with Gasteiger partial charge in [0.1, 0.15) is 6.29 Å². The first-order chi connectivity index (χ1) is 8.63. The van der Waals surface area contributed by atoms with Crippen LogP contribution in [0.3, 0.4) is 0 Å². The highest BCUT2D eigenvalue weighted by molar-refractivity contribution is 5.81. The van der Waals surface area contributed by atoms with Gasteiger partial charge in [0.05, 0.1) is 0 Å². The van der Waals surface area contributed by atoms with Crippen LogP contribution >= 0.6 is 0 Å². The molecule has 1 heterocycles. The quantitative estimate of drug-likeness (QED) is 0.762. The van der Waals surface area contributed by atoms with Gasteiger partial charge in [-0.25, -0.2) is 0 Å². The van der Waals surface area contributed by atoms with Gasteiger partial charge in [0, 0.05) is 22.4 Å². The van der Waals surface area contributed by atoms with Crippen LogP contribution in [0.4, 0.5) is 11.4 Å². The number of fused-ring (bicyclic) bond motifs is 2. The van der Waals surface area contributed by atoms with E-state index in [-0.39, 0.29) is 5.41 Å². The van der Waals surface area contributed by atoms with E-state index in [9.17, 15) is 4.79 Å². The predicted octanol–water partition coefficient (Wildman–Crippen LogP) is 3.88. The Labute approximate surface area is 107 Å². The molecule has 0 radical (unpaired) electrons. The summed E-state index contributed by atoms with van der Waals surface area (Å²) in [6, 6.07) is 14.1. The van der Waals surface area contributed by atoms with Crippen LogP contribution in [-0.4, -0.2) is 6.29 Å². The average Bonchev–Trinajstić information content (AvgIpc) is 2.39. The summed E-state index contributed by atoms with van der Waals surface area (Å²) in [4.78, 5) is 10.9. The minimum Gasteiger partial charge on any atom is -0.355 e. The molecule has 2 aromatic rings. The van der Waals surface area contributed by atoms with E-state index in [0.29, 0.717) is 0 Å². The van der Waals surface area contributed by atoms with Gasteiger partial charge in [0.25, 0.3) is 0 Å². The lowest BCUT2D eigenvalue weighted by molar-refractivity contribution is 0.112. The molecule has 0 spiro atoms. The maximum absolute atomic E-state index is 10.9. The van der Waals surface area contributed by atoms with Gasteiger partial charge in [0.2, 0.25) is 0 Å². The molecule has 0 amide bonds. The largest absolute Gasteiger partial charge is 0.355 e. The number of carbonyl (C=O) groups is 1. The summed E-state index contributed by atoms with van der Waals surface area (Å²) in [5.41, 5.74) is 5.31. The van der Waals surface area contributed by atoms with E-state index in [4.69, 9.17) is 0 Å². The predicted molar refractivity (Wildman–Crippen MR) is 73.7 cm³/mol. The van der Waals surface area contributed by atoms with E-state index >= 15 is 0 Å². The van der Waals surface area contributed by atoms with Gasteiger partial charge in [-0.3, -0.25) is 4.79 Å². The third-order valence-corrected chi connectivity index (χ3v) is 3.72. The topological polar surface area (TPSA) is 29.1 Å². The minimum atomic E-state index is -0.0871. The third-order valence-electron chi connectivity index (χ3n) is 3.72. The van der Waals surface area contributed by atoms with Crippen molar-refractivity contribution in [3.05, 3.63) is 59.2 Å². The number of para-hydroxylation sites is 1. The Balaban J connectivity index is 2.25. The van der Waals surface area contributed by atoms with Crippen LogP contribution in [0.5, 0.6) is 0 Å². The Morgan fingerprint density at radius 1 is 1.00 bits per heavy atom. The molecule has 0 atom stereocenters. The fraction of sp³-hybridized carbons (Fsp3) is 0.188. The van der Waals surface area contributed by atoms with Gasteiger partial charge >= 0.3 is 0 Å². The van der Waals surface area contributed by atoms with E-state index in [1.165, 1.54) is 11.1 Å². The van der Waals surface area contributed by atoms with E-state index in [1.807, 2.05) is 24.3 Å². The SMILES string of the molecule is CC1(C)c2ccccc2Nc2ccc(C=O)cc21. The summed E-state index contributed by atoms with van der Waals surface area (Å²) in [5, 5.41) is 3.43. The molecule has 18 heavy (non-hydrogen) atoms. The zero-order valence-corrected chi connectivity index (χ0v) is 10.5. The molecule has 0 bridgehead atoms. The van der Waals surface area contributed by atoms with Crippen LogP contribution in [0.2, 0.25) is 0 Å². The van der Waals surface area contributed by atoms with Crippen molar-refractivity contribution in [1.82, 2.24) is 0 Å². The van der Waals surface area contributed by atoms with E-state index in [2.05, 4.69) is 37.4 Å². The molecular formula is C16H15NO. The summed E-state index contributed by atoms with van der Waals surface area (Å²) in [6.07, 6.45) is 0.900. The molecule has 2 aromatic carbocycles. The third kappa shape index (κ3) is 1.46. The van der Waals surface area contributed by atoms with Gasteiger partial charge in [-0.1, -0.05) is 32.0 Å². The van der Waals surface area contributed by atoms with Gasteiger partial charge in [-0.15, -0.1) is 0 Å². The number of nitrogens with one attached hydrogen (secondary N) is 1. The van der Waals surface area contributed by atoms with Crippen molar-refractivity contribution < 1.29 is 4.79 Å². The molecule has 0 aromatic heterocycles. The second-order valence-electron chi connectivity index (χ2n) is 5.22. The Morgan fingerprint density at radius 2 is 1.72 bits per heavy atom. The molecule has 3 rings (SSSR count). The normalized spacial score (nSPS) is 15.2. The fourth-order valence-corrected chi connectivity index (χ4v) is 2.69. The Kier molecular flexibility index (Phi) is 2.27. The molecule has 0 saturated carbocycles. The lowest BCUT2D eigenvalue weighted by Crippen LogP contribution is -2.26. The van der Waals surface area contributed by atoms with Gasteiger partial charge < -0.3 is 5.32 Å². The maximum Gasteiger partial charge on any atom is 0.150 e. The fourth-order valence-electron chi connectivity index (χ4n) is 2.69. The number of anilines is 2. The van der Waals surface area contributed by atoms with Crippen LogP contribution in [0, 0.1) is 0 Å². The first kappa shape index (κ1) is 11.0. The number of hydrogen-bond donors (Lipinski definition) is 1. The van der Waals surface area contributed by atoms with Crippen LogP contribution in [0.1, 0.15) is 35.3 Å². The first-order valence-electron chi connectivity index (χ1n) is 6.09. The van der Waals surface area contributed by atoms with E-state index < -0.39 is 0 Å². The second-order valence-corrected chi connectivity index (χ2v) is 5.22. The number of hydrogen-bond acceptors (Lipinski definition) is 2. The molecule has 0 unspecified atom stereocenters. The summed E-state index contributed by atoms with van der Waals surface area (Å²) < 4.78 is 0. The minimum absolute atomic E-state index is 0.0871. The molecule has 0 saturated heterocycles.